The number of hydrogen-bond acceptors (Lipinski definition) is 4. The lowest BCUT2D eigenvalue weighted by Crippen LogP contribution is -2.48. The first-order valence-corrected chi connectivity index (χ1v) is 9.01. The molecule has 0 bridgehead atoms. The predicted molar refractivity (Wildman–Crippen MR) is 81.4 cm³/mol. The lowest BCUT2D eigenvalue weighted by atomic mass is 9.94. The molecule has 1 atom stereocenters. The van der Waals surface area contributed by atoms with Crippen molar-refractivity contribution in [3.8, 4) is 0 Å². The van der Waals surface area contributed by atoms with Crippen molar-refractivity contribution >= 4 is 10.0 Å². The fraction of sp³-hybridized carbons (Fsp3) is 0.600. The van der Waals surface area contributed by atoms with Crippen LogP contribution in [0.15, 0.2) is 24.3 Å². The molecule has 2 aliphatic rings. The number of rotatable bonds is 3. The molecule has 6 heteroatoms. The van der Waals surface area contributed by atoms with Gasteiger partial charge in [0.05, 0.1) is 11.3 Å². The summed E-state index contributed by atoms with van der Waals surface area (Å²) in [6, 6.07) is 7.78. The third kappa shape index (κ3) is 2.73. The van der Waals surface area contributed by atoms with Gasteiger partial charge in [-0.1, -0.05) is 24.3 Å². The molecule has 116 valence electrons. The highest BCUT2D eigenvalue weighted by atomic mass is 32.2. The van der Waals surface area contributed by atoms with E-state index in [0.29, 0.717) is 39.1 Å². The van der Waals surface area contributed by atoms with E-state index in [1.165, 1.54) is 5.56 Å². The van der Waals surface area contributed by atoms with Crippen molar-refractivity contribution in [2.45, 2.75) is 30.6 Å². The van der Waals surface area contributed by atoms with Crippen molar-refractivity contribution in [2.24, 2.45) is 5.73 Å². The summed E-state index contributed by atoms with van der Waals surface area (Å²) in [4.78, 5) is 0. The molecule has 2 aliphatic heterocycles. The molecular weight excluding hydrogens is 288 g/mol. The molecule has 2 heterocycles. The number of hydrogen-bond donors (Lipinski definition) is 1. The van der Waals surface area contributed by atoms with Crippen LogP contribution in [0.4, 0.5) is 0 Å². The summed E-state index contributed by atoms with van der Waals surface area (Å²) in [6.07, 6.45) is 1.92. The second-order valence-electron chi connectivity index (χ2n) is 5.67. The SMILES string of the molecule is NCC1c2ccccc2CCN1S(=O)(=O)C1CCOCC1. The second kappa shape index (κ2) is 6.04. The van der Waals surface area contributed by atoms with Gasteiger partial charge in [-0.2, -0.15) is 4.31 Å². The molecule has 0 saturated carbocycles. The van der Waals surface area contributed by atoms with Crippen LogP contribution < -0.4 is 5.73 Å². The van der Waals surface area contributed by atoms with Crippen LogP contribution >= 0.6 is 0 Å². The summed E-state index contributed by atoms with van der Waals surface area (Å²) in [5, 5.41) is -0.328. The topological polar surface area (TPSA) is 72.6 Å². The molecule has 0 amide bonds. The average Bonchev–Trinajstić information content (AvgIpc) is 2.54. The Morgan fingerprint density at radius 2 is 1.95 bits per heavy atom. The molecule has 0 aromatic heterocycles. The Morgan fingerprint density at radius 3 is 2.67 bits per heavy atom. The van der Waals surface area contributed by atoms with Crippen molar-refractivity contribution in [3.05, 3.63) is 35.4 Å². The Hall–Kier alpha value is -0.950. The Kier molecular flexibility index (Phi) is 4.31. The van der Waals surface area contributed by atoms with Crippen LogP contribution in [0.25, 0.3) is 0 Å². The van der Waals surface area contributed by atoms with Gasteiger partial charge in [0.1, 0.15) is 0 Å². The molecule has 0 aliphatic carbocycles. The molecule has 5 nitrogen and oxygen atoms in total. The van der Waals surface area contributed by atoms with Gasteiger partial charge in [0, 0.05) is 26.3 Å². The number of nitrogens with zero attached hydrogens (tertiary/aromatic N) is 1. The van der Waals surface area contributed by atoms with Gasteiger partial charge in [-0.3, -0.25) is 0 Å². The molecule has 0 spiro atoms. The Labute approximate surface area is 126 Å². The Balaban J connectivity index is 1.91. The van der Waals surface area contributed by atoms with E-state index in [-0.39, 0.29) is 11.3 Å². The van der Waals surface area contributed by atoms with Crippen LogP contribution in [0.3, 0.4) is 0 Å². The lowest BCUT2D eigenvalue weighted by Gasteiger charge is -2.38. The van der Waals surface area contributed by atoms with Gasteiger partial charge in [-0.25, -0.2) is 8.42 Å². The number of sulfonamides is 1. The second-order valence-corrected chi connectivity index (χ2v) is 7.83. The molecule has 2 N–H and O–H groups in total. The van der Waals surface area contributed by atoms with Crippen molar-refractivity contribution in [1.29, 1.82) is 0 Å². The minimum absolute atomic E-state index is 0.234. The number of ether oxygens (including phenoxy) is 1. The Bertz CT molecular complexity index is 597. The number of nitrogens with two attached hydrogens (primary N) is 1. The normalized spacial score (nSPS) is 24.7. The molecule has 1 aromatic carbocycles. The molecule has 1 aromatic rings. The van der Waals surface area contributed by atoms with E-state index in [2.05, 4.69) is 6.07 Å². The van der Waals surface area contributed by atoms with Gasteiger partial charge in [0.15, 0.2) is 0 Å². The summed E-state index contributed by atoms with van der Waals surface area (Å²) in [6.45, 7) is 1.90. The van der Waals surface area contributed by atoms with E-state index in [9.17, 15) is 8.42 Å². The zero-order valence-corrected chi connectivity index (χ0v) is 12.9. The van der Waals surface area contributed by atoms with Gasteiger partial charge in [-0.15, -0.1) is 0 Å². The number of benzene rings is 1. The van der Waals surface area contributed by atoms with Crippen LogP contribution in [-0.2, 0) is 21.2 Å². The highest BCUT2D eigenvalue weighted by Gasteiger charge is 2.39. The first-order valence-electron chi connectivity index (χ1n) is 7.51. The molecule has 21 heavy (non-hydrogen) atoms. The fourth-order valence-electron chi connectivity index (χ4n) is 3.34. The van der Waals surface area contributed by atoms with Crippen LogP contribution in [0, 0.1) is 0 Å². The van der Waals surface area contributed by atoms with Gasteiger partial charge < -0.3 is 10.5 Å². The molecule has 3 rings (SSSR count). The van der Waals surface area contributed by atoms with Gasteiger partial charge >= 0.3 is 0 Å². The van der Waals surface area contributed by atoms with E-state index in [4.69, 9.17) is 10.5 Å². The summed E-state index contributed by atoms with van der Waals surface area (Å²) < 4.78 is 32.8. The van der Waals surface area contributed by atoms with Crippen LogP contribution in [-0.4, -0.2) is 44.3 Å². The van der Waals surface area contributed by atoms with Crippen molar-refractivity contribution in [3.63, 3.8) is 0 Å². The van der Waals surface area contributed by atoms with E-state index in [0.717, 1.165) is 12.0 Å². The highest BCUT2D eigenvalue weighted by Crippen LogP contribution is 2.33. The molecule has 1 fully saturated rings. The van der Waals surface area contributed by atoms with Crippen LogP contribution in [0.1, 0.15) is 30.0 Å². The smallest absolute Gasteiger partial charge is 0.217 e. The Morgan fingerprint density at radius 1 is 1.24 bits per heavy atom. The van der Waals surface area contributed by atoms with E-state index in [1.807, 2.05) is 18.2 Å². The maximum Gasteiger partial charge on any atom is 0.217 e. The van der Waals surface area contributed by atoms with Crippen molar-refractivity contribution in [1.82, 2.24) is 4.31 Å². The van der Waals surface area contributed by atoms with Crippen LogP contribution in [0.2, 0.25) is 0 Å². The van der Waals surface area contributed by atoms with Crippen molar-refractivity contribution < 1.29 is 13.2 Å². The molecular formula is C15H22N2O3S. The van der Waals surface area contributed by atoms with Crippen LogP contribution in [0.5, 0.6) is 0 Å². The maximum atomic E-state index is 12.9. The minimum atomic E-state index is -3.32. The summed E-state index contributed by atoms with van der Waals surface area (Å²) in [7, 11) is -3.32. The first kappa shape index (κ1) is 15.0. The summed E-state index contributed by atoms with van der Waals surface area (Å²) >= 11 is 0. The molecule has 1 saturated heterocycles. The average molecular weight is 310 g/mol. The minimum Gasteiger partial charge on any atom is -0.381 e. The standard InChI is InChI=1S/C15H22N2O3S/c16-11-15-14-4-2-1-3-12(14)5-8-17(15)21(18,19)13-6-9-20-10-7-13/h1-4,13,15H,5-11,16H2. The third-order valence-electron chi connectivity index (χ3n) is 4.50. The summed E-state index contributed by atoms with van der Waals surface area (Å²) in [5.74, 6) is 0. The zero-order chi connectivity index (χ0) is 14.9. The monoisotopic (exact) mass is 310 g/mol. The van der Waals surface area contributed by atoms with Gasteiger partial charge in [0.25, 0.3) is 0 Å². The first-order chi connectivity index (χ1) is 10.1. The maximum absolute atomic E-state index is 12.9. The molecule has 1 unspecified atom stereocenters. The number of fused-ring (bicyclic) bond motifs is 1. The van der Waals surface area contributed by atoms with E-state index in [1.54, 1.807) is 4.31 Å². The summed E-state index contributed by atoms with van der Waals surface area (Å²) in [5.41, 5.74) is 8.18. The lowest BCUT2D eigenvalue weighted by molar-refractivity contribution is 0.0966. The zero-order valence-electron chi connectivity index (χ0n) is 12.1. The van der Waals surface area contributed by atoms with Crippen molar-refractivity contribution in [2.75, 3.05) is 26.3 Å². The largest absolute Gasteiger partial charge is 0.381 e. The third-order valence-corrected chi connectivity index (χ3v) is 6.91. The van der Waals surface area contributed by atoms with Gasteiger partial charge in [-0.05, 0) is 30.4 Å². The van der Waals surface area contributed by atoms with E-state index >= 15 is 0 Å². The fourth-order valence-corrected chi connectivity index (χ4v) is 5.41. The van der Waals surface area contributed by atoms with Gasteiger partial charge in [0.2, 0.25) is 10.0 Å². The predicted octanol–water partition coefficient (Wildman–Crippen LogP) is 1.05. The highest BCUT2D eigenvalue weighted by molar-refractivity contribution is 7.89. The molecule has 0 radical (unpaired) electrons. The quantitative estimate of drug-likeness (QED) is 0.906. The van der Waals surface area contributed by atoms with E-state index < -0.39 is 10.0 Å².